The van der Waals surface area contributed by atoms with Gasteiger partial charge in [0.25, 0.3) is 0 Å². The number of hydrogen-bond donors (Lipinski definition) is 1. The van der Waals surface area contributed by atoms with E-state index in [0.717, 1.165) is 5.39 Å². The van der Waals surface area contributed by atoms with Gasteiger partial charge in [-0.25, -0.2) is 4.21 Å². The van der Waals surface area contributed by atoms with Crippen LogP contribution in [0.3, 0.4) is 0 Å². The lowest BCUT2D eigenvalue weighted by Gasteiger charge is -2.11. The molecule has 1 atom stereocenters. The molecule has 0 heterocycles. The number of carbonyl (C=O) groups is 1. The first-order valence-electron chi connectivity index (χ1n) is 5.14. The van der Waals surface area contributed by atoms with Crippen molar-refractivity contribution in [2.24, 2.45) is 0 Å². The Bertz CT molecular complexity index is 627. The van der Waals surface area contributed by atoms with E-state index < -0.39 is 11.4 Å². The van der Waals surface area contributed by atoms with Crippen LogP contribution in [-0.4, -0.2) is 14.7 Å². The molecule has 5 nitrogen and oxygen atoms in total. The number of carbonyl (C=O) groups excluding carboxylic acids is 1. The topological polar surface area (TPSA) is 78.5 Å². The highest BCUT2D eigenvalue weighted by Crippen LogP contribution is 2.28. The highest BCUT2D eigenvalue weighted by atomic mass is 32.2. The van der Waals surface area contributed by atoms with Gasteiger partial charge in [0, 0.05) is 18.0 Å². The first-order valence-corrected chi connectivity index (χ1v) is 6.14. The van der Waals surface area contributed by atoms with Gasteiger partial charge >= 0.3 is 0 Å². The minimum atomic E-state index is -2.63. The van der Waals surface area contributed by atoms with Crippen molar-refractivity contribution in [1.29, 1.82) is 0 Å². The maximum Gasteiger partial charge on any atom is 0.221 e. The fourth-order valence-electron chi connectivity index (χ4n) is 1.67. The molecule has 0 aliphatic heterocycles. The van der Waals surface area contributed by atoms with E-state index in [9.17, 15) is 13.6 Å². The van der Waals surface area contributed by atoms with Crippen LogP contribution in [0.4, 0.5) is 5.69 Å². The Labute approximate surface area is 106 Å². The molecule has 1 unspecified atom stereocenters. The van der Waals surface area contributed by atoms with Crippen LogP contribution < -0.4 is 9.50 Å². The number of nitrogens with one attached hydrogen (secondary N) is 1. The first kappa shape index (κ1) is 12.5. The Balaban J connectivity index is 2.51. The van der Waals surface area contributed by atoms with Crippen LogP contribution in [0, 0.1) is 0 Å². The molecule has 18 heavy (non-hydrogen) atoms. The maximum atomic E-state index is 11.0. The molecule has 0 bridgehead atoms. The highest BCUT2D eigenvalue weighted by Gasteiger charge is 2.04. The van der Waals surface area contributed by atoms with Crippen molar-refractivity contribution in [3.63, 3.8) is 0 Å². The van der Waals surface area contributed by atoms with E-state index in [-0.39, 0.29) is 11.7 Å². The number of fused-ring (bicyclic) bond motifs is 1. The largest absolute Gasteiger partial charge is 0.740 e. The predicted octanol–water partition coefficient (Wildman–Crippen LogP) is 1.97. The van der Waals surface area contributed by atoms with Crippen molar-refractivity contribution < 1.29 is 17.7 Å². The zero-order valence-electron chi connectivity index (χ0n) is 9.51. The van der Waals surface area contributed by atoms with Crippen LogP contribution in [0.1, 0.15) is 6.92 Å². The standard InChI is InChI=1S/C12H11NO4S/c1-8(14)13-10-6-5-9-3-2-4-12(11(9)7-10)17-18(15)16/h2-7H,1H3,(H,13,14)(H,15,16)/p-1. The Morgan fingerprint density at radius 1 is 1.33 bits per heavy atom. The van der Waals surface area contributed by atoms with Crippen molar-refractivity contribution in [1.82, 2.24) is 0 Å². The average molecular weight is 264 g/mol. The summed E-state index contributed by atoms with van der Waals surface area (Å²) in [5.41, 5.74) is 0.586. The lowest BCUT2D eigenvalue weighted by Crippen LogP contribution is -2.05. The molecular weight excluding hydrogens is 254 g/mol. The van der Waals surface area contributed by atoms with Crippen LogP contribution in [0.15, 0.2) is 36.4 Å². The molecular formula is C12H10NO4S-. The Hall–Kier alpha value is -1.92. The second-order valence-corrected chi connectivity index (χ2v) is 4.24. The molecule has 0 aliphatic carbocycles. The number of hydrogen-bond acceptors (Lipinski definition) is 4. The molecule has 0 aromatic heterocycles. The Morgan fingerprint density at radius 2 is 2.11 bits per heavy atom. The van der Waals surface area contributed by atoms with Gasteiger partial charge in [-0.2, -0.15) is 0 Å². The van der Waals surface area contributed by atoms with Crippen LogP contribution in [-0.2, 0) is 16.2 Å². The molecule has 2 aromatic carbocycles. The van der Waals surface area contributed by atoms with Crippen molar-refractivity contribution in [2.75, 3.05) is 5.32 Å². The third-order valence-electron chi connectivity index (χ3n) is 2.32. The molecule has 1 amide bonds. The fraction of sp³-hybridized carbons (Fsp3) is 0.0833. The quantitative estimate of drug-likeness (QED) is 0.860. The van der Waals surface area contributed by atoms with Gasteiger partial charge in [0.1, 0.15) is 17.1 Å². The van der Waals surface area contributed by atoms with E-state index in [0.29, 0.717) is 11.1 Å². The summed E-state index contributed by atoms with van der Waals surface area (Å²) in [4.78, 5) is 11.0. The van der Waals surface area contributed by atoms with E-state index in [1.807, 2.05) is 6.07 Å². The van der Waals surface area contributed by atoms with Crippen molar-refractivity contribution >= 4 is 33.7 Å². The molecule has 0 spiro atoms. The van der Waals surface area contributed by atoms with Crippen LogP contribution in [0.5, 0.6) is 5.75 Å². The Morgan fingerprint density at radius 3 is 2.78 bits per heavy atom. The number of rotatable bonds is 3. The Kier molecular flexibility index (Phi) is 3.59. The summed E-state index contributed by atoms with van der Waals surface area (Å²) in [5.74, 6) is 0.0354. The van der Waals surface area contributed by atoms with E-state index in [1.54, 1.807) is 30.3 Å². The van der Waals surface area contributed by atoms with Gasteiger partial charge in [0.2, 0.25) is 5.91 Å². The maximum absolute atomic E-state index is 11.0. The fourth-order valence-corrected chi connectivity index (χ4v) is 1.96. The average Bonchev–Trinajstić information content (AvgIpc) is 2.28. The number of benzene rings is 2. The van der Waals surface area contributed by atoms with Gasteiger partial charge < -0.3 is 14.1 Å². The third-order valence-corrected chi connectivity index (χ3v) is 2.64. The molecule has 6 heteroatoms. The summed E-state index contributed by atoms with van der Waals surface area (Å²) in [6.07, 6.45) is 0. The zero-order valence-corrected chi connectivity index (χ0v) is 10.3. The van der Waals surface area contributed by atoms with E-state index in [2.05, 4.69) is 5.32 Å². The summed E-state index contributed by atoms with van der Waals surface area (Å²) in [5, 5.41) is 4.07. The molecule has 94 valence electrons. The lowest BCUT2D eigenvalue weighted by molar-refractivity contribution is -0.114. The molecule has 0 radical (unpaired) electrons. The molecule has 2 rings (SSSR count). The summed E-state index contributed by atoms with van der Waals surface area (Å²) in [6.45, 7) is 1.40. The SMILES string of the molecule is CC(=O)Nc1ccc2cccc(OS(=O)[O-])c2c1. The number of anilines is 1. The van der Waals surface area contributed by atoms with Gasteiger partial charge in [0.05, 0.1) is 0 Å². The minimum absolute atomic E-state index is 0.194. The monoisotopic (exact) mass is 264 g/mol. The van der Waals surface area contributed by atoms with Gasteiger partial charge in [-0.3, -0.25) is 4.79 Å². The van der Waals surface area contributed by atoms with Crippen LogP contribution in [0.2, 0.25) is 0 Å². The number of amides is 1. The molecule has 0 fully saturated rings. The molecule has 0 saturated heterocycles. The smallest absolute Gasteiger partial charge is 0.221 e. The lowest BCUT2D eigenvalue weighted by atomic mass is 10.1. The molecule has 0 aliphatic rings. The zero-order chi connectivity index (χ0) is 13.1. The van der Waals surface area contributed by atoms with Crippen LogP contribution >= 0.6 is 0 Å². The van der Waals surface area contributed by atoms with E-state index in [1.165, 1.54) is 6.92 Å². The van der Waals surface area contributed by atoms with Crippen LogP contribution in [0.25, 0.3) is 10.8 Å². The first-order chi connectivity index (χ1) is 8.56. The van der Waals surface area contributed by atoms with Gasteiger partial charge in [-0.15, -0.1) is 0 Å². The summed E-state index contributed by atoms with van der Waals surface area (Å²) in [7, 11) is 0. The molecule has 0 saturated carbocycles. The minimum Gasteiger partial charge on any atom is -0.740 e. The molecule has 2 aromatic rings. The van der Waals surface area contributed by atoms with Gasteiger partial charge in [-0.1, -0.05) is 18.2 Å². The predicted molar refractivity (Wildman–Crippen MR) is 67.8 cm³/mol. The van der Waals surface area contributed by atoms with Gasteiger partial charge in [0.15, 0.2) is 0 Å². The van der Waals surface area contributed by atoms with Crippen molar-refractivity contribution in [3.05, 3.63) is 36.4 Å². The normalized spacial score (nSPS) is 12.1. The summed E-state index contributed by atoms with van der Waals surface area (Å²) < 4.78 is 25.9. The summed E-state index contributed by atoms with van der Waals surface area (Å²) in [6, 6.07) is 10.3. The highest BCUT2D eigenvalue weighted by molar-refractivity contribution is 7.74. The summed E-state index contributed by atoms with van der Waals surface area (Å²) >= 11 is -2.63. The van der Waals surface area contributed by atoms with E-state index in [4.69, 9.17) is 4.18 Å². The van der Waals surface area contributed by atoms with Crippen molar-refractivity contribution in [3.8, 4) is 5.75 Å². The van der Waals surface area contributed by atoms with E-state index >= 15 is 0 Å². The molecule has 1 N–H and O–H groups in total. The second-order valence-electron chi connectivity index (χ2n) is 3.66. The van der Waals surface area contributed by atoms with Gasteiger partial charge in [-0.05, 0) is 23.6 Å². The second kappa shape index (κ2) is 5.16. The van der Waals surface area contributed by atoms with Crippen molar-refractivity contribution in [2.45, 2.75) is 6.92 Å². The third kappa shape index (κ3) is 2.85.